The molecule has 2 aromatic carbocycles. The fraction of sp³-hybridized carbons (Fsp3) is 0.0625. The molecule has 0 fully saturated rings. The van der Waals surface area contributed by atoms with E-state index in [9.17, 15) is 14.7 Å². The van der Waals surface area contributed by atoms with Gasteiger partial charge in [-0.3, -0.25) is 10.2 Å². The number of carbonyl (C=O) groups excluding carboxylic acids is 1. The van der Waals surface area contributed by atoms with Crippen molar-refractivity contribution in [3.63, 3.8) is 0 Å². The summed E-state index contributed by atoms with van der Waals surface area (Å²) in [6.07, 6.45) is 0. The first-order valence-electron chi connectivity index (χ1n) is 6.72. The van der Waals surface area contributed by atoms with Crippen molar-refractivity contribution < 1.29 is 14.7 Å². The van der Waals surface area contributed by atoms with E-state index < -0.39 is 17.9 Å². The Bertz CT molecular complexity index is 759. The minimum atomic E-state index is -1.20. The lowest BCUT2D eigenvalue weighted by molar-refractivity contribution is -0.139. The second-order valence-electron chi connectivity index (χ2n) is 4.87. The largest absolute Gasteiger partial charge is 0.479 e. The van der Waals surface area contributed by atoms with Crippen molar-refractivity contribution in [2.24, 2.45) is 5.73 Å². The minimum absolute atomic E-state index is 0.0693. The van der Waals surface area contributed by atoms with Crippen LogP contribution in [0, 0.1) is 5.41 Å². The Morgan fingerprint density at radius 3 is 2.35 bits per heavy atom. The quantitative estimate of drug-likeness (QED) is 0.319. The number of anilines is 1. The molecule has 23 heavy (non-hydrogen) atoms. The topological polar surface area (TPSA) is 142 Å². The molecule has 0 saturated carbocycles. The average Bonchev–Trinajstić information content (AvgIpc) is 2.53. The zero-order valence-corrected chi connectivity index (χ0v) is 12.1. The SMILES string of the molecule is N=C(N)c1ccc(N)c(C(=O)N[C@@H](C(=O)O)c2ccccc2)c1. The Hall–Kier alpha value is -3.35. The lowest BCUT2D eigenvalue weighted by atomic mass is 10.0. The maximum Gasteiger partial charge on any atom is 0.330 e. The number of carbonyl (C=O) groups is 2. The van der Waals surface area contributed by atoms with Crippen LogP contribution in [0.25, 0.3) is 0 Å². The molecule has 0 spiro atoms. The predicted molar refractivity (Wildman–Crippen MR) is 86.2 cm³/mol. The Morgan fingerprint density at radius 1 is 1.13 bits per heavy atom. The fourth-order valence-corrected chi connectivity index (χ4v) is 2.06. The van der Waals surface area contributed by atoms with Crippen molar-refractivity contribution in [1.82, 2.24) is 5.32 Å². The number of rotatable bonds is 5. The molecule has 0 aliphatic rings. The molecule has 0 saturated heterocycles. The Kier molecular flexibility index (Phi) is 4.61. The highest BCUT2D eigenvalue weighted by Crippen LogP contribution is 2.18. The van der Waals surface area contributed by atoms with E-state index in [1.807, 2.05) is 0 Å². The molecule has 7 heteroatoms. The molecule has 118 valence electrons. The van der Waals surface area contributed by atoms with Gasteiger partial charge in [0, 0.05) is 11.3 Å². The van der Waals surface area contributed by atoms with E-state index >= 15 is 0 Å². The van der Waals surface area contributed by atoms with Crippen molar-refractivity contribution in [1.29, 1.82) is 5.41 Å². The molecule has 1 atom stereocenters. The van der Waals surface area contributed by atoms with Crippen LogP contribution in [0.15, 0.2) is 48.5 Å². The average molecular weight is 312 g/mol. The summed E-state index contributed by atoms with van der Waals surface area (Å²) in [5, 5.41) is 19.2. The van der Waals surface area contributed by atoms with Gasteiger partial charge in [-0.15, -0.1) is 0 Å². The molecule has 0 aliphatic carbocycles. The first kappa shape index (κ1) is 16.0. The first-order valence-corrected chi connectivity index (χ1v) is 6.72. The molecule has 0 aromatic heterocycles. The van der Waals surface area contributed by atoms with Gasteiger partial charge < -0.3 is 21.9 Å². The summed E-state index contributed by atoms with van der Waals surface area (Å²) >= 11 is 0. The number of carboxylic acid groups (broad SMARTS) is 1. The highest BCUT2D eigenvalue weighted by Gasteiger charge is 2.23. The van der Waals surface area contributed by atoms with Crippen LogP contribution < -0.4 is 16.8 Å². The second kappa shape index (κ2) is 6.61. The zero-order chi connectivity index (χ0) is 17.0. The standard InChI is InChI=1S/C16H16N4O3/c17-12-7-6-10(14(18)19)8-11(12)15(21)20-13(16(22)23)9-4-2-1-3-5-9/h1-8,13H,17H2,(H3,18,19)(H,20,21)(H,22,23)/t13-/m1/s1. The summed E-state index contributed by atoms with van der Waals surface area (Å²) in [6, 6.07) is 11.4. The molecule has 1 amide bonds. The van der Waals surface area contributed by atoms with Gasteiger partial charge in [0.05, 0.1) is 5.56 Å². The number of hydrogen-bond acceptors (Lipinski definition) is 4. The van der Waals surface area contributed by atoms with E-state index in [1.54, 1.807) is 30.3 Å². The summed E-state index contributed by atoms with van der Waals surface area (Å²) in [5.74, 6) is -2.05. The molecular formula is C16H16N4O3. The van der Waals surface area contributed by atoms with Gasteiger partial charge in [0.15, 0.2) is 6.04 Å². The van der Waals surface area contributed by atoms with Gasteiger partial charge in [-0.25, -0.2) is 4.79 Å². The highest BCUT2D eigenvalue weighted by molar-refractivity contribution is 6.04. The number of nitrogens with one attached hydrogen (secondary N) is 2. The number of amidine groups is 1. The van der Waals surface area contributed by atoms with E-state index in [0.717, 1.165) is 0 Å². The van der Waals surface area contributed by atoms with Crippen LogP contribution in [0.1, 0.15) is 27.5 Å². The van der Waals surface area contributed by atoms with Gasteiger partial charge in [-0.1, -0.05) is 30.3 Å². The number of carboxylic acids is 1. The number of nitrogen functional groups attached to an aromatic ring is 2. The molecule has 0 unspecified atom stereocenters. The maximum atomic E-state index is 12.4. The van der Waals surface area contributed by atoms with Crippen LogP contribution >= 0.6 is 0 Å². The Balaban J connectivity index is 2.31. The van der Waals surface area contributed by atoms with Crippen LogP contribution in [0.3, 0.4) is 0 Å². The summed E-state index contributed by atoms with van der Waals surface area (Å²) < 4.78 is 0. The molecule has 7 N–H and O–H groups in total. The van der Waals surface area contributed by atoms with Gasteiger partial charge in [0.2, 0.25) is 0 Å². The van der Waals surface area contributed by atoms with Gasteiger partial charge >= 0.3 is 5.97 Å². The second-order valence-corrected chi connectivity index (χ2v) is 4.87. The van der Waals surface area contributed by atoms with Gasteiger partial charge in [0.25, 0.3) is 5.91 Å². The van der Waals surface area contributed by atoms with E-state index in [0.29, 0.717) is 11.1 Å². The smallest absolute Gasteiger partial charge is 0.330 e. The lowest BCUT2D eigenvalue weighted by Gasteiger charge is -2.16. The first-order chi connectivity index (χ1) is 10.9. The molecule has 0 bridgehead atoms. The summed E-state index contributed by atoms with van der Waals surface area (Å²) in [4.78, 5) is 23.8. The predicted octanol–water partition coefficient (Wildman–Crippen LogP) is 1.11. The monoisotopic (exact) mass is 312 g/mol. The molecule has 0 radical (unpaired) electrons. The highest BCUT2D eigenvalue weighted by atomic mass is 16.4. The summed E-state index contributed by atoms with van der Waals surface area (Å²) in [7, 11) is 0. The molecule has 2 aromatic rings. The normalized spacial score (nSPS) is 11.5. The summed E-state index contributed by atoms with van der Waals surface area (Å²) in [6.45, 7) is 0. The number of hydrogen-bond donors (Lipinski definition) is 5. The summed E-state index contributed by atoms with van der Waals surface area (Å²) in [5.41, 5.74) is 12.2. The third kappa shape index (κ3) is 3.65. The van der Waals surface area contributed by atoms with Crippen LogP contribution in [0.5, 0.6) is 0 Å². The van der Waals surface area contributed by atoms with Gasteiger partial charge in [-0.05, 0) is 23.8 Å². The number of nitrogens with two attached hydrogens (primary N) is 2. The molecule has 7 nitrogen and oxygen atoms in total. The third-order valence-corrected chi connectivity index (χ3v) is 3.26. The van der Waals surface area contributed by atoms with E-state index in [1.165, 1.54) is 18.2 Å². The van der Waals surface area contributed by atoms with Crippen molar-refractivity contribution in [2.75, 3.05) is 5.73 Å². The van der Waals surface area contributed by atoms with E-state index in [2.05, 4.69) is 5.32 Å². The van der Waals surface area contributed by atoms with Crippen molar-refractivity contribution in [3.05, 3.63) is 65.2 Å². The molecule has 2 rings (SSSR count). The fourth-order valence-electron chi connectivity index (χ4n) is 2.06. The number of aliphatic carboxylic acids is 1. The van der Waals surface area contributed by atoms with Crippen molar-refractivity contribution in [3.8, 4) is 0 Å². The third-order valence-electron chi connectivity index (χ3n) is 3.26. The number of amides is 1. The molecular weight excluding hydrogens is 296 g/mol. The maximum absolute atomic E-state index is 12.4. The van der Waals surface area contributed by atoms with Crippen molar-refractivity contribution in [2.45, 2.75) is 6.04 Å². The Labute approximate surface area is 132 Å². The Morgan fingerprint density at radius 2 is 1.78 bits per heavy atom. The van der Waals surface area contributed by atoms with Crippen LogP contribution in [0.2, 0.25) is 0 Å². The van der Waals surface area contributed by atoms with Crippen LogP contribution in [-0.2, 0) is 4.79 Å². The van der Waals surface area contributed by atoms with E-state index in [4.69, 9.17) is 16.9 Å². The number of benzene rings is 2. The molecule has 0 heterocycles. The van der Waals surface area contributed by atoms with E-state index in [-0.39, 0.29) is 17.1 Å². The minimum Gasteiger partial charge on any atom is -0.479 e. The zero-order valence-electron chi connectivity index (χ0n) is 12.1. The van der Waals surface area contributed by atoms with Gasteiger partial charge in [0.1, 0.15) is 5.84 Å². The van der Waals surface area contributed by atoms with Crippen molar-refractivity contribution >= 4 is 23.4 Å². The van der Waals surface area contributed by atoms with Crippen LogP contribution in [-0.4, -0.2) is 22.8 Å². The van der Waals surface area contributed by atoms with Crippen LogP contribution in [0.4, 0.5) is 5.69 Å². The van der Waals surface area contributed by atoms with Gasteiger partial charge in [-0.2, -0.15) is 0 Å². The molecule has 0 aliphatic heterocycles. The lowest BCUT2D eigenvalue weighted by Crippen LogP contribution is -2.34.